The van der Waals surface area contributed by atoms with Crippen molar-refractivity contribution in [3.05, 3.63) is 37.0 Å². The van der Waals surface area contributed by atoms with Crippen molar-refractivity contribution >= 4 is 23.6 Å². The number of allylic oxidation sites excluding steroid dienone is 3. The predicted molar refractivity (Wildman–Crippen MR) is 91.1 cm³/mol. The van der Waals surface area contributed by atoms with Crippen LogP contribution in [0.15, 0.2) is 42.0 Å². The molecule has 0 radical (unpaired) electrons. The van der Waals surface area contributed by atoms with Crippen LogP contribution in [0.25, 0.3) is 0 Å². The van der Waals surface area contributed by atoms with Crippen LogP contribution in [0.4, 0.5) is 4.79 Å². The number of fused-ring (bicyclic) bond motifs is 1. The standard InChI is InChI=1S/C17H18N6O3/c24-15(9-22-11-18-10-19-22)21-7-5-12(6-8-21)23-16(25)13-3-1-2-4-14(13)20-17(23)26/h1-4,10-13H,5-9H2. The van der Waals surface area contributed by atoms with Crippen LogP contribution in [0.1, 0.15) is 12.8 Å². The Kier molecular flexibility index (Phi) is 4.19. The summed E-state index contributed by atoms with van der Waals surface area (Å²) in [6.07, 6.45) is 11.0. The molecule has 3 aliphatic rings. The van der Waals surface area contributed by atoms with Crippen molar-refractivity contribution in [2.45, 2.75) is 25.4 Å². The van der Waals surface area contributed by atoms with Crippen molar-refractivity contribution in [2.24, 2.45) is 10.9 Å². The molecule has 2 aliphatic heterocycles. The van der Waals surface area contributed by atoms with E-state index in [1.165, 1.54) is 22.2 Å². The zero-order chi connectivity index (χ0) is 18.1. The first-order valence-electron chi connectivity index (χ1n) is 8.54. The number of amides is 4. The predicted octanol–water partition coefficient (Wildman–Crippen LogP) is 0.414. The first-order valence-corrected chi connectivity index (χ1v) is 8.54. The third-order valence-electron chi connectivity index (χ3n) is 4.88. The molecule has 1 aromatic heterocycles. The van der Waals surface area contributed by atoms with Crippen molar-refractivity contribution < 1.29 is 14.4 Å². The molecule has 1 atom stereocenters. The van der Waals surface area contributed by atoms with E-state index in [2.05, 4.69) is 15.1 Å². The molecule has 26 heavy (non-hydrogen) atoms. The highest BCUT2D eigenvalue weighted by molar-refractivity contribution is 6.21. The van der Waals surface area contributed by atoms with Crippen LogP contribution >= 0.6 is 0 Å². The minimum absolute atomic E-state index is 0.0501. The van der Waals surface area contributed by atoms with Gasteiger partial charge >= 0.3 is 6.03 Å². The number of hydrogen-bond acceptors (Lipinski definition) is 5. The van der Waals surface area contributed by atoms with E-state index in [9.17, 15) is 14.4 Å². The third-order valence-corrected chi connectivity index (χ3v) is 4.88. The van der Waals surface area contributed by atoms with Gasteiger partial charge in [-0.25, -0.2) is 14.5 Å². The second-order valence-electron chi connectivity index (χ2n) is 6.45. The maximum Gasteiger partial charge on any atom is 0.350 e. The average Bonchev–Trinajstić information content (AvgIpc) is 3.15. The van der Waals surface area contributed by atoms with Crippen LogP contribution in [0.2, 0.25) is 0 Å². The van der Waals surface area contributed by atoms with Crippen molar-refractivity contribution in [1.82, 2.24) is 24.6 Å². The second-order valence-corrected chi connectivity index (χ2v) is 6.45. The summed E-state index contributed by atoms with van der Waals surface area (Å²) in [6.45, 7) is 1.12. The molecule has 0 bridgehead atoms. The summed E-state index contributed by atoms with van der Waals surface area (Å²) in [6, 6.07) is -0.733. The van der Waals surface area contributed by atoms with Gasteiger partial charge in [0.05, 0.1) is 11.6 Å². The monoisotopic (exact) mass is 354 g/mol. The average molecular weight is 354 g/mol. The molecular formula is C17H18N6O3. The Balaban J connectivity index is 1.40. The van der Waals surface area contributed by atoms with Gasteiger partial charge in [0.2, 0.25) is 11.8 Å². The van der Waals surface area contributed by atoms with E-state index >= 15 is 0 Å². The maximum atomic E-state index is 12.7. The molecular weight excluding hydrogens is 336 g/mol. The van der Waals surface area contributed by atoms with Crippen molar-refractivity contribution in [2.75, 3.05) is 13.1 Å². The first-order chi connectivity index (χ1) is 12.6. The maximum absolute atomic E-state index is 12.7. The van der Waals surface area contributed by atoms with Gasteiger partial charge in [-0.05, 0) is 18.9 Å². The van der Waals surface area contributed by atoms with Crippen LogP contribution in [-0.4, -0.2) is 67.3 Å². The summed E-state index contributed by atoms with van der Waals surface area (Å²) < 4.78 is 1.48. The number of likely N-dealkylation sites (tertiary alicyclic amines) is 1. The summed E-state index contributed by atoms with van der Waals surface area (Å²) in [4.78, 5) is 48.3. The van der Waals surface area contributed by atoms with Gasteiger partial charge < -0.3 is 4.90 Å². The van der Waals surface area contributed by atoms with Crippen molar-refractivity contribution in [1.29, 1.82) is 0 Å². The lowest BCUT2D eigenvalue weighted by Crippen LogP contribution is -2.55. The second kappa shape index (κ2) is 6.66. The number of aromatic nitrogens is 3. The van der Waals surface area contributed by atoms with Gasteiger partial charge in [0.1, 0.15) is 19.2 Å². The smallest absolute Gasteiger partial charge is 0.341 e. The summed E-state index contributed by atoms with van der Waals surface area (Å²) in [7, 11) is 0. The van der Waals surface area contributed by atoms with Gasteiger partial charge in [0.25, 0.3) is 0 Å². The SMILES string of the molecule is O=C(Cn1cncn1)N1CCC(N2C(=O)N=C3C=CC=CC3C2=O)CC1. The third kappa shape index (κ3) is 2.96. The Hall–Kier alpha value is -3.10. The Morgan fingerprint density at radius 1 is 1.19 bits per heavy atom. The minimum atomic E-state index is -0.506. The van der Waals surface area contributed by atoms with Gasteiger partial charge in [0, 0.05) is 19.1 Å². The molecule has 0 spiro atoms. The Morgan fingerprint density at radius 2 is 2.00 bits per heavy atom. The lowest BCUT2D eigenvalue weighted by atomic mass is 9.93. The molecule has 1 unspecified atom stereocenters. The molecule has 1 fully saturated rings. The van der Waals surface area contributed by atoms with E-state index in [0.29, 0.717) is 31.6 Å². The van der Waals surface area contributed by atoms with Gasteiger partial charge in [-0.1, -0.05) is 18.2 Å². The lowest BCUT2D eigenvalue weighted by Gasteiger charge is -2.39. The Morgan fingerprint density at radius 3 is 2.73 bits per heavy atom. The van der Waals surface area contributed by atoms with Gasteiger partial charge in [-0.2, -0.15) is 10.1 Å². The highest BCUT2D eigenvalue weighted by atomic mass is 16.2. The number of nitrogens with zero attached hydrogens (tertiary/aromatic N) is 6. The fraction of sp³-hybridized carbons (Fsp3) is 0.412. The number of carbonyl (C=O) groups excluding carboxylic acids is 3. The number of hydrogen-bond donors (Lipinski definition) is 0. The normalized spacial score (nSPS) is 23.2. The summed E-state index contributed by atoms with van der Waals surface area (Å²) in [5, 5.41) is 3.93. The fourth-order valence-corrected chi connectivity index (χ4v) is 3.52. The molecule has 4 rings (SSSR count). The van der Waals surface area contributed by atoms with Crippen LogP contribution in [-0.2, 0) is 16.1 Å². The topological polar surface area (TPSA) is 101 Å². The molecule has 134 valence electrons. The van der Waals surface area contributed by atoms with E-state index < -0.39 is 11.9 Å². The van der Waals surface area contributed by atoms with Crippen molar-refractivity contribution in [3.63, 3.8) is 0 Å². The largest absolute Gasteiger partial charge is 0.350 e. The van der Waals surface area contributed by atoms with Crippen LogP contribution in [0.3, 0.4) is 0 Å². The van der Waals surface area contributed by atoms with Crippen molar-refractivity contribution in [3.8, 4) is 0 Å². The fourth-order valence-electron chi connectivity index (χ4n) is 3.52. The number of imide groups is 1. The summed E-state index contributed by atoms with van der Waals surface area (Å²) in [5.41, 5.74) is 0.499. The Labute approximate surface area is 149 Å². The molecule has 3 heterocycles. The Bertz CT molecular complexity index is 818. The molecule has 0 aromatic carbocycles. The number of urea groups is 1. The summed E-state index contributed by atoms with van der Waals surface area (Å²) in [5.74, 6) is -0.761. The molecule has 0 saturated carbocycles. The van der Waals surface area contributed by atoms with Gasteiger partial charge in [0.15, 0.2) is 0 Å². The van der Waals surface area contributed by atoms with Crippen LogP contribution < -0.4 is 0 Å². The number of aliphatic imine (C=N–C) groups is 1. The molecule has 0 N–H and O–H groups in total. The highest BCUT2D eigenvalue weighted by Crippen LogP contribution is 2.25. The van der Waals surface area contributed by atoms with Gasteiger partial charge in [-0.15, -0.1) is 0 Å². The zero-order valence-electron chi connectivity index (χ0n) is 14.1. The summed E-state index contributed by atoms with van der Waals surface area (Å²) >= 11 is 0. The lowest BCUT2D eigenvalue weighted by molar-refractivity contribution is -0.135. The zero-order valence-corrected chi connectivity index (χ0v) is 14.1. The first kappa shape index (κ1) is 16.4. The van der Waals surface area contributed by atoms with E-state index in [0.717, 1.165) is 0 Å². The molecule has 1 aromatic rings. The molecule has 9 heteroatoms. The van der Waals surface area contributed by atoms with E-state index in [4.69, 9.17) is 0 Å². The molecule has 9 nitrogen and oxygen atoms in total. The van der Waals surface area contributed by atoms with E-state index in [1.54, 1.807) is 29.2 Å². The number of carbonyl (C=O) groups is 3. The minimum Gasteiger partial charge on any atom is -0.341 e. The quantitative estimate of drug-likeness (QED) is 0.783. The number of piperidine rings is 1. The van der Waals surface area contributed by atoms with E-state index in [1.807, 2.05) is 0 Å². The van der Waals surface area contributed by atoms with E-state index in [-0.39, 0.29) is 24.4 Å². The van der Waals surface area contributed by atoms with Crippen LogP contribution in [0.5, 0.6) is 0 Å². The molecule has 4 amide bonds. The highest BCUT2D eigenvalue weighted by Gasteiger charge is 2.40. The molecule has 1 saturated heterocycles. The number of rotatable bonds is 3. The molecule has 1 aliphatic carbocycles. The van der Waals surface area contributed by atoms with Crippen LogP contribution in [0, 0.1) is 5.92 Å². The van der Waals surface area contributed by atoms with Gasteiger partial charge in [-0.3, -0.25) is 14.5 Å².